The highest BCUT2D eigenvalue weighted by Gasteiger charge is 2.26. The molecule has 5 heteroatoms. The third-order valence-electron chi connectivity index (χ3n) is 6.14. The molecular weight excluding hydrogens is 374 g/mol. The molecule has 1 fully saturated rings. The van der Waals surface area contributed by atoms with Gasteiger partial charge < -0.3 is 15.0 Å². The fourth-order valence-electron chi connectivity index (χ4n) is 4.55. The van der Waals surface area contributed by atoms with E-state index in [0.29, 0.717) is 12.1 Å². The van der Waals surface area contributed by atoms with Crippen molar-refractivity contribution >= 4 is 11.6 Å². The molecule has 1 atom stereocenters. The van der Waals surface area contributed by atoms with E-state index in [0.717, 1.165) is 31.8 Å². The number of likely N-dealkylation sites (N-methyl/N-ethyl adjacent to an activating group) is 1. The highest BCUT2D eigenvalue weighted by Crippen LogP contribution is 2.32. The Morgan fingerprint density at radius 3 is 2.50 bits per heavy atom. The maximum Gasteiger partial charge on any atom is 0.251 e. The summed E-state index contributed by atoms with van der Waals surface area (Å²) in [6.45, 7) is 7.89. The first kappa shape index (κ1) is 20.7. The van der Waals surface area contributed by atoms with E-state index in [2.05, 4.69) is 40.4 Å². The number of rotatable bonds is 7. The third-order valence-corrected chi connectivity index (χ3v) is 6.14. The van der Waals surface area contributed by atoms with Gasteiger partial charge in [0.2, 0.25) is 0 Å². The van der Waals surface area contributed by atoms with Crippen molar-refractivity contribution in [3.05, 3.63) is 59.2 Å². The van der Waals surface area contributed by atoms with Gasteiger partial charge in [-0.05, 0) is 87.7 Å². The van der Waals surface area contributed by atoms with Gasteiger partial charge in [0.1, 0.15) is 5.75 Å². The van der Waals surface area contributed by atoms with Crippen LogP contribution in [0, 0.1) is 0 Å². The van der Waals surface area contributed by atoms with Crippen molar-refractivity contribution in [2.45, 2.75) is 45.3 Å². The Bertz CT molecular complexity index is 872. The standard InChI is InChI=1S/C25H33N3O2/c1-18(2)30-22-9-6-19(7-10-22)25(29)26-17-24(28-13-4-5-14-28)20-8-11-23-21(16-20)12-15-27(23)3/h6-11,16,18,24H,4-5,12-15,17H2,1-3H3,(H,26,29)/t24-/m1/s1. The van der Waals surface area contributed by atoms with Crippen LogP contribution < -0.4 is 15.0 Å². The first-order valence-corrected chi connectivity index (χ1v) is 11.1. The van der Waals surface area contributed by atoms with E-state index in [1.807, 2.05) is 38.1 Å². The normalized spacial score (nSPS) is 17.3. The number of hydrogen-bond acceptors (Lipinski definition) is 4. The number of amides is 1. The largest absolute Gasteiger partial charge is 0.491 e. The van der Waals surface area contributed by atoms with Gasteiger partial charge in [0.05, 0.1) is 12.1 Å². The predicted octanol–water partition coefficient (Wildman–Crippen LogP) is 4.03. The number of nitrogens with one attached hydrogen (secondary N) is 1. The second-order valence-electron chi connectivity index (χ2n) is 8.72. The van der Waals surface area contributed by atoms with Crippen LogP contribution in [0.2, 0.25) is 0 Å². The highest BCUT2D eigenvalue weighted by molar-refractivity contribution is 5.94. The van der Waals surface area contributed by atoms with Crippen molar-refractivity contribution in [1.82, 2.24) is 10.2 Å². The summed E-state index contributed by atoms with van der Waals surface area (Å²) in [5, 5.41) is 3.18. The SMILES string of the molecule is CC(C)Oc1ccc(C(=O)NC[C@H](c2ccc3c(c2)CCN3C)N2CCCC2)cc1. The highest BCUT2D eigenvalue weighted by atomic mass is 16.5. The number of carbonyl (C=O) groups excluding carboxylic acids is 1. The molecule has 2 aliphatic rings. The van der Waals surface area contributed by atoms with E-state index >= 15 is 0 Å². The summed E-state index contributed by atoms with van der Waals surface area (Å²) < 4.78 is 5.67. The number of nitrogens with zero attached hydrogens (tertiary/aromatic N) is 2. The molecule has 0 radical (unpaired) electrons. The predicted molar refractivity (Wildman–Crippen MR) is 122 cm³/mol. The number of likely N-dealkylation sites (tertiary alicyclic amines) is 1. The molecule has 1 amide bonds. The molecule has 2 aromatic carbocycles. The lowest BCUT2D eigenvalue weighted by molar-refractivity contribution is 0.0938. The average molecular weight is 408 g/mol. The van der Waals surface area contributed by atoms with Crippen molar-refractivity contribution in [3.8, 4) is 5.75 Å². The molecule has 1 N–H and O–H groups in total. The molecule has 0 unspecified atom stereocenters. The minimum absolute atomic E-state index is 0.0313. The molecule has 0 aliphatic carbocycles. The molecule has 160 valence electrons. The molecule has 2 heterocycles. The van der Waals surface area contributed by atoms with Gasteiger partial charge >= 0.3 is 0 Å². The molecule has 0 spiro atoms. The average Bonchev–Trinajstić information content (AvgIpc) is 3.39. The third kappa shape index (κ3) is 4.62. The van der Waals surface area contributed by atoms with Crippen LogP contribution in [-0.2, 0) is 6.42 Å². The number of benzene rings is 2. The van der Waals surface area contributed by atoms with Gasteiger partial charge in [-0.25, -0.2) is 0 Å². The Balaban J connectivity index is 1.46. The molecule has 30 heavy (non-hydrogen) atoms. The van der Waals surface area contributed by atoms with Crippen molar-refractivity contribution in [3.63, 3.8) is 0 Å². The number of ether oxygens (including phenoxy) is 1. The zero-order chi connectivity index (χ0) is 21.1. The monoisotopic (exact) mass is 407 g/mol. The molecular formula is C25H33N3O2. The molecule has 4 rings (SSSR count). The van der Waals surface area contributed by atoms with E-state index in [1.54, 1.807) is 0 Å². The van der Waals surface area contributed by atoms with Gasteiger partial charge in [0.25, 0.3) is 5.91 Å². The molecule has 0 saturated carbocycles. The first-order valence-electron chi connectivity index (χ1n) is 11.1. The Morgan fingerprint density at radius 1 is 1.07 bits per heavy atom. The van der Waals surface area contributed by atoms with Gasteiger partial charge in [0, 0.05) is 31.4 Å². The minimum atomic E-state index is -0.0313. The summed E-state index contributed by atoms with van der Waals surface area (Å²) in [6.07, 6.45) is 3.69. The van der Waals surface area contributed by atoms with Crippen molar-refractivity contribution < 1.29 is 9.53 Å². The van der Waals surface area contributed by atoms with Gasteiger partial charge in [-0.2, -0.15) is 0 Å². The summed E-state index contributed by atoms with van der Waals surface area (Å²) in [4.78, 5) is 17.6. The van der Waals surface area contributed by atoms with Crippen LogP contribution in [0.25, 0.3) is 0 Å². The zero-order valence-corrected chi connectivity index (χ0v) is 18.4. The molecule has 1 saturated heterocycles. The molecule has 2 aliphatic heterocycles. The topological polar surface area (TPSA) is 44.8 Å². The van der Waals surface area contributed by atoms with E-state index in [-0.39, 0.29) is 18.1 Å². The maximum atomic E-state index is 12.8. The summed E-state index contributed by atoms with van der Waals surface area (Å²) >= 11 is 0. The number of carbonyl (C=O) groups is 1. The molecule has 0 aromatic heterocycles. The number of anilines is 1. The number of fused-ring (bicyclic) bond motifs is 1. The van der Waals surface area contributed by atoms with Crippen LogP contribution in [0.3, 0.4) is 0 Å². The van der Waals surface area contributed by atoms with Crippen LogP contribution in [0.5, 0.6) is 5.75 Å². The summed E-state index contributed by atoms with van der Waals surface area (Å²) in [7, 11) is 2.15. The lowest BCUT2D eigenvalue weighted by Crippen LogP contribution is -2.36. The van der Waals surface area contributed by atoms with Gasteiger partial charge in [-0.15, -0.1) is 0 Å². The van der Waals surface area contributed by atoms with Crippen molar-refractivity contribution in [1.29, 1.82) is 0 Å². The van der Waals surface area contributed by atoms with Crippen LogP contribution >= 0.6 is 0 Å². The summed E-state index contributed by atoms with van der Waals surface area (Å²) in [6, 6.07) is 14.5. The fourth-order valence-corrected chi connectivity index (χ4v) is 4.55. The van der Waals surface area contributed by atoms with Crippen LogP contribution in [-0.4, -0.2) is 50.1 Å². The lowest BCUT2D eigenvalue weighted by Gasteiger charge is -2.29. The number of hydrogen-bond donors (Lipinski definition) is 1. The van der Waals surface area contributed by atoms with Gasteiger partial charge in [-0.1, -0.05) is 12.1 Å². The summed E-state index contributed by atoms with van der Waals surface area (Å²) in [5.41, 5.74) is 4.74. The quantitative estimate of drug-likeness (QED) is 0.753. The smallest absolute Gasteiger partial charge is 0.251 e. The zero-order valence-electron chi connectivity index (χ0n) is 18.4. The van der Waals surface area contributed by atoms with Gasteiger partial charge in [0.15, 0.2) is 0 Å². The van der Waals surface area contributed by atoms with Crippen LogP contribution in [0.1, 0.15) is 54.2 Å². The van der Waals surface area contributed by atoms with Gasteiger partial charge in [-0.3, -0.25) is 9.69 Å². The van der Waals surface area contributed by atoms with E-state index in [9.17, 15) is 4.79 Å². The molecule has 0 bridgehead atoms. The Labute approximate surface area is 180 Å². The van der Waals surface area contributed by atoms with Crippen molar-refractivity contribution in [2.75, 3.05) is 38.1 Å². The van der Waals surface area contributed by atoms with E-state index < -0.39 is 0 Å². The Hall–Kier alpha value is -2.53. The summed E-state index contributed by atoms with van der Waals surface area (Å²) in [5.74, 6) is 0.760. The van der Waals surface area contributed by atoms with Crippen molar-refractivity contribution in [2.24, 2.45) is 0 Å². The van der Waals surface area contributed by atoms with Crippen LogP contribution in [0.15, 0.2) is 42.5 Å². The second kappa shape index (κ2) is 9.09. The fraction of sp³-hybridized carbons (Fsp3) is 0.480. The lowest BCUT2D eigenvalue weighted by atomic mass is 10.0. The van der Waals surface area contributed by atoms with E-state index in [4.69, 9.17) is 4.74 Å². The molecule has 5 nitrogen and oxygen atoms in total. The maximum absolute atomic E-state index is 12.8. The Morgan fingerprint density at radius 2 is 1.80 bits per heavy atom. The molecule has 2 aromatic rings. The second-order valence-corrected chi connectivity index (χ2v) is 8.72. The Kier molecular flexibility index (Phi) is 6.28. The van der Waals surface area contributed by atoms with E-state index in [1.165, 1.54) is 29.7 Å². The minimum Gasteiger partial charge on any atom is -0.491 e. The van der Waals surface area contributed by atoms with Crippen LogP contribution in [0.4, 0.5) is 5.69 Å². The first-order chi connectivity index (χ1) is 14.5.